The summed E-state index contributed by atoms with van der Waals surface area (Å²) in [4.78, 5) is 0. The molecule has 0 aliphatic rings. The fraction of sp³-hybridized carbons (Fsp3) is 0.125. The van der Waals surface area contributed by atoms with E-state index in [-0.39, 0.29) is 0 Å². The molecule has 1 heterocycles. The molecule has 4 aromatic rings. The first-order chi connectivity index (χ1) is 13.7. The molecule has 1 aromatic heterocycles. The van der Waals surface area contributed by atoms with Gasteiger partial charge in [-0.05, 0) is 55.5 Å². The summed E-state index contributed by atoms with van der Waals surface area (Å²) >= 11 is 0. The molecule has 0 radical (unpaired) electrons. The third-order valence-electron chi connectivity index (χ3n) is 4.71. The summed E-state index contributed by atoms with van der Waals surface area (Å²) < 4.78 is 7.22. The number of benzene rings is 3. The first-order valence-electron chi connectivity index (χ1n) is 9.32. The van der Waals surface area contributed by atoms with E-state index in [1.54, 1.807) is 7.11 Å². The van der Waals surface area contributed by atoms with Crippen molar-refractivity contribution in [3.8, 4) is 22.7 Å². The summed E-state index contributed by atoms with van der Waals surface area (Å²) in [5.74, 6) is 0.838. The fourth-order valence-electron chi connectivity index (χ4n) is 3.11. The van der Waals surface area contributed by atoms with Gasteiger partial charge in [0.1, 0.15) is 5.75 Å². The number of ether oxygens (including phenoxy) is 1. The summed E-state index contributed by atoms with van der Waals surface area (Å²) in [6.07, 6.45) is 2.09. The van der Waals surface area contributed by atoms with E-state index in [0.717, 1.165) is 33.9 Å². The van der Waals surface area contributed by atoms with Gasteiger partial charge in [-0.15, -0.1) is 0 Å². The maximum Gasteiger partial charge on any atom is 0.118 e. The fourth-order valence-corrected chi connectivity index (χ4v) is 3.11. The number of aromatic nitrogens is 2. The van der Waals surface area contributed by atoms with Gasteiger partial charge in [-0.1, -0.05) is 35.9 Å². The van der Waals surface area contributed by atoms with Crippen molar-refractivity contribution in [3.63, 3.8) is 0 Å². The van der Waals surface area contributed by atoms with Crippen LogP contribution in [0, 0.1) is 6.92 Å². The van der Waals surface area contributed by atoms with E-state index in [9.17, 15) is 0 Å². The summed E-state index contributed by atoms with van der Waals surface area (Å²) in [6.45, 7) is 2.78. The van der Waals surface area contributed by atoms with Crippen molar-refractivity contribution in [3.05, 3.63) is 96.2 Å². The molecule has 28 heavy (non-hydrogen) atoms. The number of anilines is 1. The Morgan fingerprint density at radius 1 is 0.893 bits per heavy atom. The van der Waals surface area contributed by atoms with Gasteiger partial charge in [-0.25, -0.2) is 4.68 Å². The van der Waals surface area contributed by atoms with Crippen LogP contribution in [-0.2, 0) is 6.54 Å². The van der Waals surface area contributed by atoms with Gasteiger partial charge in [-0.2, -0.15) is 5.10 Å². The summed E-state index contributed by atoms with van der Waals surface area (Å²) in [5.41, 5.74) is 6.55. The Morgan fingerprint density at radius 3 is 2.29 bits per heavy atom. The second-order valence-corrected chi connectivity index (χ2v) is 6.73. The highest BCUT2D eigenvalue weighted by Crippen LogP contribution is 2.26. The van der Waals surface area contributed by atoms with Crippen molar-refractivity contribution in [2.75, 3.05) is 12.4 Å². The van der Waals surface area contributed by atoms with Crippen molar-refractivity contribution < 1.29 is 4.74 Å². The zero-order valence-corrected chi connectivity index (χ0v) is 16.1. The molecule has 0 aliphatic carbocycles. The molecule has 4 rings (SSSR count). The van der Waals surface area contributed by atoms with Crippen LogP contribution in [0.5, 0.6) is 5.75 Å². The number of rotatable bonds is 6. The van der Waals surface area contributed by atoms with E-state index < -0.39 is 0 Å². The van der Waals surface area contributed by atoms with Crippen LogP contribution < -0.4 is 10.1 Å². The molecule has 0 spiro atoms. The van der Waals surface area contributed by atoms with Crippen LogP contribution >= 0.6 is 0 Å². The van der Waals surface area contributed by atoms with Gasteiger partial charge in [0.15, 0.2) is 0 Å². The molecule has 4 nitrogen and oxygen atoms in total. The third-order valence-corrected chi connectivity index (χ3v) is 4.71. The lowest BCUT2D eigenvalue weighted by atomic mass is 10.1. The van der Waals surface area contributed by atoms with E-state index in [0.29, 0.717) is 6.54 Å². The number of hydrogen-bond acceptors (Lipinski definition) is 3. The van der Waals surface area contributed by atoms with Gasteiger partial charge in [0, 0.05) is 29.6 Å². The van der Waals surface area contributed by atoms with Crippen molar-refractivity contribution >= 4 is 5.69 Å². The van der Waals surface area contributed by atoms with Gasteiger partial charge in [0.2, 0.25) is 0 Å². The highest BCUT2D eigenvalue weighted by atomic mass is 16.5. The summed E-state index contributed by atoms with van der Waals surface area (Å²) in [7, 11) is 1.68. The van der Waals surface area contributed by atoms with Crippen LogP contribution in [0.25, 0.3) is 16.9 Å². The van der Waals surface area contributed by atoms with Gasteiger partial charge in [0.05, 0.1) is 18.5 Å². The van der Waals surface area contributed by atoms with Crippen molar-refractivity contribution in [1.82, 2.24) is 9.78 Å². The number of nitrogens with zero attached hydrogens (tertiary/aromatic N) is 2. The topological polar surface area (TPSA) is 39.1 Å². The minimum Gasteiger partial charge on any atom is -0.497 e. The van der Waals surface area contributed by atoms with Crippen molar-refractivity contribution in [2.24, 2.45) is 0 Å². The van der Waals surface area contributed by atoms with E-state index in [2.05, 4.69) is 54.8 Å². The lowest BCUT2D eigenvalue weighted by Crippen LogP contribution is -2.00. The SMILES string of the molecule is COc1ccc(-c2nn(-c3ccccc3)cc2CNc2ccc(C)cc2)cc1. The van der Waals surface area contributed by atoms with Gasteiger partial charge < -0.3 is 10.1 Å². The van der Waals surface area contributed by atoms with Crippen LogP contribution in [0.2, 0.25) is 0 Å². The largest absolute Gasteiger partial charge is 0.497 e. The number of hydrogen-bond donors (Lipinski definition) is 1. The normalized spacial score (nSPS) is 10.6. The Bertz CT molecular complexity index is 1040. The predicted octanol–water partition coefficient (Wildman–Crippen LogP) is 5.47. The average Bonchev–Trinajstić information content (AvgIpc) is 3.18. The van der Waals surface area contributed by atoms with E-state index in [1.165, 1.54) is 5.56 Å². The maximum absolute atomic E-state index is 5.29. The molecule has 4 heteroatoms. The molecule has 3 aromatic carbocycles. The predicted molar refractivity (Wildman–Crippen MR) is 114 cm³/mol. The van der Waals surface area contributed by atoms with Crippen LogP contribution in [0.3, 0.4) is 0 Å². The quantitative estimate of drug-likeness (QED) is 0.490. The smallest absolute Gasteiger partial charge is 0.118 e. The average molecular weight is 369 g/mol. The molecule has 0 bridgehead atoms. The third kappa shape index (κ3) is 3.91. The lowest BCUT2D eigenvalue weighted by molar-refractivity contribution is 0.415. The number of nitrogens with one attached hydrogen (secondary N) is 1. The first-order valence-corrected chi connectivity index (χ1v) is 9.32. The second-order valence-electron chi connectivity index (χ2n) is 6.73. The van der Waals surface area contributed by atoms with Crippen LogP contribution in [-0.4, -0.2) is 16.9 Å². The molecular weight excluding hydrogens is 346 g/mol. The molecule has 0 saturated heterocycles. The highest BCUT2D eigenvalue weighted by molar-refractivity contribution is 5.65. The number of aryl methyl sites for hydroxylation is 1. The molecule has 1 N–H and O–H groups in total. The Labute approximate surface area is 165 Å². The van der Waals surface area contributed by atoms with E-state index in [4.69, 9.17) is 9.84 Å². The second kappa shape index (κ2) is 8.01. The summed E-state index contributed by atoms with van der Waals surface area (Å²) in [6, 6.07) is 26.6. The maximum atomic E-state index is 5.29. The lowest BCUT2D eigenvalue weighted by Gasteiger charge is -2.07. The Kier molecular flexibility index (Phi) is 5.11. The Balaban J connectivity index is 1.67. The van der Waals surface area contributed by atoms with Crippen molar-refractivity contribution in [1.29, 1.82) is 0 Å². The minimum absolute atomic E-state index is 0.692. The molecule has 0 aliphatic heterocycles. The standard InChI is InChI=1S/C24H23N3O/c1-18-8-12-21(13-9-18)25-16-20-17-27(22-6-4-3-5-7-22)26-24(20)19-10-14-23(28-2)15-11-19/h3-15,17,25H,16H2,1-2H3. The van der Waals surface area contributed by atoms with Gasteiger partial charge >= 0.3 is 0 Å². The highest BCUT2D eigenvalue weighted by Gasteiger charge is 2.12. The van der Waals surface area contributed by atoms with E-state index >= 15 is 0 Å². The number of methoxy groups -OCH3 is 1. The van der Waals surface area contributed by atoms with Gasteiger partial charge in [0.25, 0.3) is 0 Å². The molecule has 140 valence electrons. The Morgan fingerprint density at radius 2 is 1.61 bits per heavy atom. The molecular formula is C24H23N3O. The molecule has 0 atom stereocenters. The molecule has 0 amide bonds. The zero-order valence-electron chi connectivity index (χ0n) is 16.1. The van der Waals surface area contributed by atoms with Crippen molar-refractivity contribution in [2.45, 2.75) is 13.5 Å². The molecule has 0 unspecified atom stereocenters. The van der Waals surface area contributed by atoms with Crippen LogP contribution in [0.1, 0.15) is 11.1 Å². The number of para-hydroxylation sites is 1. The van der Waals surface area contributed by atoms with Gasteiger partial charge in [-0.3, -0.25) is 0 Å². The van der Waals surface area contributed by atoms with E-state index in [1.807, 2.05) is 47.1 Å². The summed E-state index contributed by atoms with van der Waals surface area (Å²) in [5, 5.41) is 8.38. The zero-order chi connectivity index (χ0) is 19.3. The van der Waals surface area contributed by atoms with Crippen LogP contribution in [0.4, 0.5) is 5.69 Å². The molecule has 0 saturated carbocycles. The minimum atomic E-state index is 0.692. The Hall–Kier alpha value is -3.53. The first kappa shape index (κ1) is 17.9. The molecule has 0 fully saturated rings. The van der Waals surface area contributed by atoms with Crippen LogP contribution in [0.15, 0.2) is 85.1 Å². The monoisotopic (exact) mass is 369 g/mol.